The average Bonchev–Trinajstić information content (AvgIpc) is 3.13. The molecule has 26 heavy (non-hydrogen) atoms. The van der Waals surface area contributed by atoms with Gasteiger partial charge < -0.3 is 9.73 Å². The van der Waals surface area contributed by atoms with E-state index in [1.54, 1.807) is 6.26 Å². The Hall–Kier alpha value is -2.28. The molecule has 0 unspecified atom stereocenters. The van der Waals surface area contributed by atoms with Crippen molar-refractivity contribution in [1.29, 1.82) is 0 Å². The van der Waals surface area contributed by atoms with Crippen LogP contribution in [0.15, 0.2) is 47.1 Å². The third-order valence-electron chi connectivity index (χ3n) is 4.69. The first-order valence-electron chi connectivity index (χ1n) is 8.62. The van der Waals surface area contributed by atoms with Crippen LogP contribution in [0.3, 0.4) is 0 Å². The standard InChI is InChI=1S/C19H21F3N2O2/c20-19(21,22)16-5-3-15(4-6-16)18(25)23-12-14-7-9-24(10-8-14)13-17-2-1-11-26-17/h1-6,11,14H,7-10,12-13H2,(H,23,25). The zero-order valence-corrected chi connectivity index (χ0v) is 14.3. The van der Waals surface area contributed by atoms with Gasteiger partial charge in [-0.15, -0.1) is 0 Å². The van der Waals surface area contributed by atoms with Crippen LogP contribution in [0, 0.1) is 5.92 Å². The molecule has 7 heteroatoms. The second-order valence-electron chi connectivity index (χ2n) is 6.58. The Morgan fingerprint density at radius 1 is 1.15 bits per heavy atom. The fourth-order valence-electron chi connectivity index (χ4n) is 3.12. The van der Waals surface area contributed by atoms with Crippen LogP contribution < -0.4 is 5.32 Å². The zero-order chi connectivity index (χ0) is 18.6. The highest BCUT2D eigenvalue weighted by molar-refractivity contribution is 5.94. The summed E-state index contributed by atoms with van der Waals surface area (Å²) < 4.78 is 43.0. The Balaban J connectivity index is 1.42. The van der Waals surface area contributed by atoms with E-state index in [1.165, 1.54) is 12.1 Å². The molecule has 4 nitrogen and oxygen atoms in total. The van der Waals surface area contributed by atoms with E-state index in [0.29, 0.717) is 12.5 Å². The van der Waals surface area contributed by atoms with Gasteiger partial charge in [-0.2, -0.15) is 13.2 Å². The minimum Gasteiger partial charge on any atom is -0.468 e. The molecule has 1 aromatic heterocycles. The number of halogens is 3. The number of nitrogens with zero attached hydrogens (tertiary/aromatic N) is 1. The van der Waals surface area contributed by atoms with Crippen molar-refractivity contribution in [3.8, 4) is 0 Å². The van der Waals surface area contributed by atoms with Crippen molar-refractivity contribution >= 4 is 5.91 Å². The summed E-state index contributed by atoms with van der Waals surface area (Å²) in [6.45, 7) is 3.19. The molecule has 0 radical (unpaired) electrons. The Labute approximate surface area is 150 Å². The van der Waals surface area contributed by atoms with Gasteiger partial charge in [-0.1, -0.05) is 0 Å². The first-order valence-corrected chi connectivity index (χ1v) is 8.62. The molecule has 1 N–H and O–H groups in total. The van der Waals surface area contributed by atoms with Crippen molar-refractivity contribution in [2.24, 2.45) is 5.92 Å². The van der Waals surface area contributed by atoms with Gasteiger partial charge in [0.05, 0.1) is 18.4 Å². The largest absolute Gasteiger partial charge is 0.468 e. The number of likely N-dealkylation sites (tertiary alicyclic amines) is 1. The number of amides is 1. The van der Waals surface area contributed by atoms with Gasteiger partial charge in [0.2, 0.25) is 0 Å². The Morgan fingerprint density at radius 2 is 1.85 bits per heavy atom. The highest BCUT2D eigenvalue weighted by Crippen LogP contribution is 2.29. The van der Waals surface area contributed by atoms with Gasteiger partial charge in [0.25, 0.3) is 5.91 Å². The van der Waals surface area contributed by atoms with Gasteiger partial charge in [0.15, 0.2) is 0 Å². The highest BCUT2D eigenvalue weighted by atomic mass is 19.4. The fourth-order valence-corrected chi connectivity index (χ4v) is 3.12. The van der Waals surface area contributed by atoms with Gasteiger partial charge in [-0.25, -0.2) is 0 Å². The normalized spacial score (nSPS) is 16.6. The number of rotatable bonds is 5. The summed E-state index contributed by atoms with van der Waals surface area (Å²) in [6, 6.07) is 8.12. The summed E-state index contributed by atoms with van der Waals surface area (Å²) in [5.41, 5.74) is -0.508. The van der Waals surface area contributed by atoms with Crippen molar-refractivity contribution < 1.29 is 22.4 Å². The van der Waals surface area contributed by atoms with Crippen LogP contribution in [0.25, 0.3) is 0 Å². The lowest BCUT2D eigenvalue weighted by molar-refractivity contribution is -0.137. The van der Waals surface area contributed by atoms with Crippen LogP contribution in [0.4, 0.5) is 13.2 Å². The van der Waals surface area contributed by atoms with Crippen molar-refractivity contribution in [3.63, 3.8) is 0 Å². The molecule has 1 amide bonds. The van der Waals surface area contributed by atoms with Gasteiger partial charge in [0, 0.05) is 12.1 Å². The quantitative estimate of drug-likeness (QED) is 0.872. The number of carbonyl (C=O) groups is 1. The van der Waals surface area contributed by atoms with E-state index >= 15 is 0 Å². The number of benzene rings is 1. The predicted molar refractivity (Wildman–Crippen MR) is 90.5 cm³/mol. The highest BCUT2D eigenvalue weighted by Gasteiger charge is 2.30. The number of hydrogen-bond donors (Lipinski definition) is 1. The molecule has 0 saturated carbocycles. The van der Waals surface area contributed by atoms with Crippen LogP contribution in [-0.2, 0) is 12.7 Å². The molecule has 1 fully saturated rings. The van der Waals surface area contributed by atoms with Crippen LogP contribution >= 0.6 is 0 Å². The van der Waals surface area contributed by atoms with Crippen LogP contribution in [0.1, 0.15) is 34.5 Å². The number of hydrogen-bond acceptors (Lipinski definition) is 3. The minimum atomic E-state index is -4.39. The van der Waals surface area contributed by atoms with Crippen molar-refractivity contribution in [3.05, 3.63) is 59.5 Å². The Kier molecular flexibility index (Phi) is 5.66. The van der Waals surface area contributed by atoms with Crippen molar-refractivity contribution in [2.45, 2.75) is 25.6 Å². The second kappa shape index (κ2) is 7.95. The molecule has 0 spiro atoms. The molecule has 0 bridgehead atoms. The van der Waals surface area contributed by atoms with E-state index in [1.807, 2.05) is 12.1 Å². The molecule has 0 atom stereocenters. The smallest absolute Gasteiger partial charge is 0.416 e. The topological polar surface area (TPSA) is 45.5 Å². The Bertz CT molecular complexity index is 703. The zero-order valence-electron chi connectivity index (χ0n) is 14.3. The molecule has 3 rings (SSSR count). The van der Waals surface area contributed by atoms with Gasteiger partial charge >= 0.3 is 6.18 Å². The molecular weight excluding hydrogens is 345 g/mol. The number of alkyl halides is 3. The first kappa shape index (κ1) is 18.5. The summed E-state index contributed by atoms with van der Waals surface area (Å²) in [5, 5.41) is 2.83. The van der Waals surface area contributed by atoms with E-state index in [4.69, 9.17) is 4.42 Å². The number of furan rings is 1. The monoisotopic (exact) mass is 366 g/mol. The number of carbonyl (C=O) groups excluding carboxylic acids is 1. The van der Waals surface area contributed by atoms with Gasteiger partial charge in [-0.3, -0.25) is 9.69 Å². The van der Waals surface area contributed by atoms with E-state index < -0.39 is 11.7 Å². The lowest BCUT2D eigenvalue weighted by Gasteiger charge is -2.31. The maximum Gasteiger partial charge on any atom is 0.416 e. The van der Waals surface area contributed by atoms with Gasteiger partial charge in [-0.05, 0) is 68.2 Å². The first-order chi connectivity index (χ1) is 12.4. The fraction of sp³-hybridized carbons (Fsp3) is 0.421. The molecule has 0 aliphatic carbocycles. The molecule has 140 valence electrons. The van der Waals surface area contributed by atoms with Gasteiger partial charge in [0.1, 0.15) is 5.76 Å². The Morgan fingerprint density at radius 3 is 2.42 bits per heavy atom. The summed E-state index contributed by atoms with van der Waals surface area (Å²) in [6.07, 6.45) is -0.792. The maximum atomic E-state index is 12.6. The molecule has 1 aromatic carbocycles. The van der Waals surface area contributed by atoms with E-state index in [9.17, 15) is 18.0 Å². The lowest BCUT2D eigenvalue weighted by Crippen LogP contribution is -2.38. The maximum absolute atomic E-state index is 12.6. The molecule has 1 aliphatic heterocycles. The lowest BCUT2D eigenvalue weighted by atomic mass is 9.96. The molecule has 1 saturated heterocycles. The van der Waals surface area contributed by atoms with Crippen molar-refractivity contribution in [2.75, 3.05) is 19.6 Å². The summed E-state index contributed by atoms with van der Waals surface area (Å²) in [7, 11) is 0. The predicted octanol–water partition coefficient (Wildman–Crippen LogP) is 3.94. The summed E-state index contributed by atoms with van der Waals surface area (Å²) in [4.78, 5) is 14.4. The summed E-state index contributed by atoms with van der Waals surface area (Å²) >= 11 is 0. The molecule has 1 aliphatic rings. The van der Waals surface area contributed by atoms with E-state index in [2.05, 4.69) is 10.2 Å². The van der Waals surface area contributed by atoms with Crippen LogP contribution in [-0.4, -0.2) is 30.4 Å². The SMILES string of the molecule is O=C(NCC1CCN(Cc2ccco2)CC1)c1ccc(C(F)(F)F)cc1. The van der Waals surface area contributed by atoms with Crippen molar-refractivity contribution in [1.82, 2.24) is 10.2 Å². The third kappa shape index (κ3) is 4.88. The molecule has 2 heterocycles. The second-order valence-corrected chi connectivity index (χ2v) is 6.58. The number of nitrogens with one attached hydrogen (secondary N) is 1. The van der Waals surface area contributed by atoms with Crippen LogP contribution in [0.2, 0.25) is 0 Å². The van der Waals surface area contributed by atoms with Crippen LogP contribution in [0.5, 0.6) is 0 Å². The molecular formula is C19H21F3N2O2. The van der Waals surface area contributed by atoms with E-state index in [0.717, 1.165) is 50.4 Å². The number of piperidine rings is 1. The average molecular weight is 366 g/mol. The minimum absolute atomic E-state index is 0.244. The molecule has 2 aromatic rings. The van der Waals surface area contributed by atoms with E-state index in [-0.39, 0.29) is 11.5 Å². The third-order valence-corrected chi connectivity index (χ3v) is 4.69. The summed E-state index contributed by atoms with van der Waals surface area (Å²) in [5.74, 6) is 0.983.